The molecule has 0 spiro atoms. The minimum absolute atomic E-state index is 0.00243. The topological polar surface area (TPSA) is 78.0 Å². The molecule has 0 radical (unpaired) electrons. The van der Waals surface area contributed by atoms with Crippen LogP contribution in [0.3, 0.4) is 0 Å². The van der Waals surface area contributed by atoms with Crippen molar-refractivity contribution < 1.29 is 32.1 Å². The molecule has 11 heteroatoms. The third kappa shape index (κ3) is 4.36. The predicted octanol–water partition coefficient (Wildman–Crippen LogP) is 4.75. The quantitative estimate of drug-likeness (QED) is 0.531. The van der Waals surface area contributed by atoms with Crippen molar-refractivity contribution in [2.45, 2.75) is 38.3 Å². The smallest absolute Gasteiger partial charge is 0.296 e. The van der Waals surface area contributed by atoms with Gasteiger partial charge in [0, 0.05) is 31.1 Å². The Labute approximate surface area is 200 Å². The van der Waals surface area contributed by atoms with Gasteiger partial charge in [-0.05, 0) is 26.0 Å². The third-order valence-electron chi connectivity index (χ3n) is 6.21. The Morgan fingerprint density at radius 3 is 2.77 bits per heavy atom. The molecule has 0 saturated carbocycles. The summed E-state index contributed by atoms with van der Waals surface area (Å²) in [6.45, 7) is 3.79. The Balaban J connectivity index is 1.56. The second kappa shape index (κ2) is 8.95. The summed E-state index contributed by atoms with van der Waals surface area (Å²) in [4.78, 5) is 10.2. The van der Waals surface area contributed by atoms with Crippen molar-refractivity contribution in [1.82, 2.24) is 14.9 Å². The minimum Gasteiger partial charge on any atom is -0.497 e. The summed E-state index contributed by atoms with van der Waals surface area (Å²) in [5.41, 5.74) is 0.391. The van der Waals surface area contributed by atoms with Crippen molar-refractivity contribution in [1.29, 1.82) is 0 Å². The normalized spacial score (nSPS) is 19.2. The van der Waals surface area contributed by atoms with Crippen molar-refractivity contribution >= 4 is 22.4 Å². The Bertz CT molecular complexity index is 1260. The number of methoxy groups -OCH3 is 1. The monoisotopic (exact) mass is 490 g/mol. The van der Waals surface area contributed by atoms with Crippen LogP contribution in [-0.2, 0) is 0 Å². The molecule has 1 N–H and O–H groups in total. The lowest BCUT2D eigenvalue weighted by molar-refractivity contribution is -0.143. The van der Waals surface area contributed by atoms with Crippen LogP contribution in [0.5, 0.6) is 23.0 Å². The maximum atomic E-state index is 15.1. The number of nitrogens with one attached hydrogen (secondary N) is 1. The van der Waals surface area contributed by atoms with Gasteiger partial charge in [0.05, 0.1) is 24.6 Å². The van der Waals surface area contributed by atoms with E-state index in [0.717, 1.165) is 0 Å². The lowest BCUT2D eigenvalue weighted by atomic mass is 10.0. The van der Waals surface area contributed by atoms with Crippen molar-refractivity contribution in [3.8, 4) is 23.0 Å². The van der Waals surface area contributed by atoms with Crippen LogP contribution in [0.25, 0.3) is 10.9 Å². The van der Waals surface area contributed by atoms with Gasteiger partial charge in [-0.15, -0.1) is 0 Å². The molecule has 186 valence electrons. The summed E-state index contributed by atoms with van der Waals surface area (Å²) in [7, 11) is 1.46. The van der Waals surface area contributed by atoms with Crippen LogP contribution in [0.15, 0.2) is 30.6 Å². The molecule has 0 amide bonds. The van der Waals surface area contributed by atoms with E-state index in [1.165, 1.54) is 31.6 Å². The van der Waals surface area contributed by atoms with Gasteiger partial charge in [-0.3, -0.25) is 4.90 Å². The summed E-state index contributed by atoms with van der Waals surface area (Å²) in [6.07, 6.45) is 0.0456. The molecule has 8 nitrogen and oxygen atoms in total. The van der Waals surface area contributed by atoms with Crippen LogP contribution in [0.4, 0.5) is 24.7 Å². The Hall–Kier alpha value is -3.47. The minimum atomic E-state index is -3.08. The number of benzene rings is 2. The Kier molecular flexibility index (Phi) is 5.96. The number of piperidine rings is 1. The maximum absolute atomic E-state index is 15.1. The highest BCUT2D eigenvalue weighted by Crippen LogP contribution is 2.44. The van der Waals surface area contributed by atoms with Crippen LogP contribution >= 0.6 is 0 Å². The number of nitrogens with zero attached hydrogens (tertiary/aromatic N) is 3. The molecule has 1 atom stereocenters. The molecule has 1 fully saturated rings. The average Bonchev–Trinajstić information content (AvgIpc) is 3.30. The predicted molar refractivity (Wildman–Crippen MR) is 123 cm³/mol. The SMILES string of the molecule is COc1cc(OC2CCN(C(C)C)CC2(F)F)c2c(Nc3c(F)ccc4c3OCO4)ncnc2c1. The van der Waals surface area contributed by atoms with Gasteiger partial charge in [0.25, 0.3) is 5.92 Å². The fraction of sp³-hybridized carbons (Fsp3) is 0.417. The van der Waals surface area contributed by atoms with E-state index in [1.807, 2.05) is 13.8 Å². The second-order valence-corrected chi connectivity index (χ2v) is 8.74. The number of anilines is 2. The summed E-state index contributed by atoms with van der Waals surface area (Å²) in [6, 6.07) is 5.83. The number of aromatic nitrogens is 2. The highest BCUT2D eigenvalue weighted by atomic mass is 19.3. The molecule has 1 aromatic heterocycles. The number of alkyl halides is 2. The van der Waals surface area contributed by atoms with Gasteiger partial charge in [-0.25, -0.2) is 23.1 Å². The van der Waals surface area contributed by atoms with E-state index in [2.05, 4.69) is 15.3 Å². The number of fused-ring (bicyclic) bond motifs is 2. The zero-order valence-electron chi connectivity index (χ0n) is 19.5. The van der Waals surface area contributed by atoms with Gasteiger partial charge in [0.15, 0.2) is 23.4 Å². The molecular formula is C24H25F3N4O4. The molecule has 1 unspecified atom stereocenters. The van der Waals surface area contributed by atoms with Crippen LogP contribution in [0, 0.1) is 5.82 Å². The molecule has 0 bridgehead atoms. The van der Waals surface area contributed by atoms with Gasteiger partial charge in [0.2, 0.25) is 6.79 Å². The molecule has 5 rings (SSSR count). The average molecular weight is 490 g/mol. The van der Waals surface area contributed by atoms with E-state index >= 15 is 8.78 Å². The van der Waals surface area contributed by atoms with Gasteiger partial charge in [0.1, 0.15) is 29.3 Å². The van der Waals surface area contributed by atoms with Gasteiger partial charge < -0.3 is 24.3 Å². The Morgan fingerprint density at radius 1 is 1.20 bits per heavy atom. The molecule has 2 aromatic carbocycles. The zero-order valence-corrected chi connectivity index (χ0v) is 19.5. The molecule has 0 aliphatic carbocycles. The summed E-state index contributed by atoms with van der Waals surface area (Å²) in [5, 5.41) is 3.24. The highest BCUT2D eigenvalue weighted by molar-refractivity contribution is 5.97. The summed E-state index contributed by atoms with van der Waals surface area (Å²) >= 11 is 0. The number of ether oxygens (including phenoxy) is 4. The van der Waals surface area contributed by atoms with Gasteiger partial charge >= 0.3 is 0 Å². The van der Waals surface area contributed by atoms with Crippen molar-refractivity contribution in [3.63, 3.8) is 0 Å². The fourth-order valence-corrected chi connectivity index (χ4v) is 4.30. The summed E-state index contributed by atoms with van der Waals surface area (Å²) < 4.78 is 66.9. The van der Waals surface area contributed by atoms with Gasteiger partial charge in [-0.1, -0.05) is 0 Å². The standard InChI is InChI=1S/C24H25F3N4O4/c1-13(2)31-7-6-19(24(26,27)10-31)35-18-9-14(32-3)8-16-20(18)23(29-11-28-16)30-21-15(25)4-5-17-22(21)34-12-33-17/h4-5,8-9,11,13,19H,6-7,10,12H2,1-3H3,(H,28,29,30). The third-order valence-corrected chi connectivity index (χ3v) is 6.21. The van der Waals surface area contributed by atoms with Crippen molar-refractivity contribution in [3.05, 3.63) is 36.4 Å². The van der Waals surface area contributed by atoms with Crippen LogP contribution in [0.1, 0.15) is 20.3 Å². The first kappa shape index (κ1) is 23.3. The van der Waals surface area contributed by atoms with Crippen LogP contribution in [0.2, 0.25) is 0 Å². The van der Waals surface area contributed by atoms with E-state index in [9.17, 15) is 4.39 Å². The number of rotatable bonds is 6. The van der Waals surface area contributed by atoms with E-state index < -0.39 is 24.4 Å². The first-order chi connectivity index (χ1) is 16.8. The maximum Gasteiger partial charge on any atom is 0.296 e. The molecular weight excluding hydrogens is 465 g/mol. The summed E-state index contributed by atoms with van der Waals surface area (Å²) in [5.74, 6) is -2.46. The number of likely N-dealkylation sites (tertiary alicyclic amines) is 1. The lowest BCUT2D eigenvalue weighted by Gasteiger charge is -2.40. The molecule has 3 aromatic rings. The van der Waals surface area contributed by atoms with E-state index in [-0.39, 0.29) is 42.3 Å². The van der Waals surface area contributed by atoms with E-state index in [4.69, 9.17) is 18.9 Å². The largest absolute Gasteiger partial charge is 0.497 e. The molecule has 2 aliphatic rings. The molecule has 3 heterocycles. The zero-order chi connectivity index (χ0) is 24.7. The van der Waals surface area contributed by atoms with Crippen LogP contribution < -0.4 is 24.3 Å². The van der Waals surface area contributed by atoms with E-state index in [1.54, 1.807) is 11.0 Å². The van der Waals surface area contributed by atoms with Crippen molar-refractivity contribution in [2.24, 2.45) is 0 Å². The number of halogens is 3. The number of hydrogen-bond acceptors (Lipinski definition) is 8. The first-order valence-corrected chi connectivity index (χ1v) is 11.2. The van der Waals surface area contributed by atoms with Crippen LogP contribution in [-0.4, -0.2) is 59.9 Å². The lowest BCUT2D eigenvalue weighted by Crippen LogP contribution is -2.55. The Morgan fingerprint density at radius 2 is 2.03 bits per heavy atom. The number of hydrogen-bond donors (Lipinski definition) is 1. The highest BCUT2D eigenvalue weighted by Gasteiger charge is 2.47. The van der Waals surface area contributed by atoms with Gasteiger partial charge in [-0.2, -0.15) is 0 Å². The fourth-order valence-electron chi connectivity index (χ4n) is 4.30. The molecule has 1 saturated heterocycles. The molecule has 2 aliphatic heterocycles. The molecule has 35 heavy (non-hydrogen) atoms. The van der Waals surface area contributed by atoms with E-state index in [0.29, 0.717) is 28.9 Å². The van der Waals surface area contributed by atoms with Crippen molar-refractivity contribution in [2.75, 3.05) is 32.3 Å². The second-order valence-electron chi connectivity index (χ2n) is 8.74. The first-order valence-electron chi connectivity index (χ1n) is 11.2.